The molecule has 2 atom stereocenters. The van der Waals surface area contributed by atoms with Crippen LogP contribution < -0.4 is 18.9 Å². The van der Waals surface area contributed by atoms with E-state index < -0.39 is 26.2 Å². The van der Waals surface area contributed by atoms with Crippen LogP contribution in [0, 0.1) is 0 Å². The molecule has 2 aliphatic rings. The summed E-state index contributed by atoms with van der Waals surface area (Å²) in [5.74, 6) is 2.86. The molecule has 0 aliphatic heterocycles. The van der Waals surface area contributed by atoms with E-state index in [0.29, 0.717) is 23.6 Å². The van der Waals surface area contributed by atoms with Crippen LogP contribution in [0.25, 0.3) is 0 Å². The van der Waals surface area contributed by atoms with Crippen LogP contribution in [-0.2, 0) is 46.2 Å². The largest absolute Gasteiger partial charge is 0.497 e. The lowest BCUT2D eigenvalue weighted by Crippen LogP contribution is -2.30. The Hall–Kier alpha value is -5.76. The molecule has 1 N–H and O–H groups in total. The Morgan fingerprint density at radius 2 is 0.829 bits per heavy atom. The van der Waals surface area contributed by atoms with Gasteiger partial charge in [0.25, 0.3) is 20.0 Å². The maximum atomic E-state index is 14.1. The summed E-state index contributed by atoms with van der Waals surface area (Å²) in [6, 6.07) is 33.4. The fraction of sp³-hybridized carbons (Fsp3) is 0.423. The number of aliphatic hydroxyl groups excluding tert-OH is 1. The molecule has 0 bridgehead atoms. The zero-order chi connectivity index (χ0) is 50.2. The number of rotatable bonds is 23. The summed E-state index contributed by atoms with van der Waals surface area (Å²) in [6.45, 7) is 4.75. The fourth-order valence-corrected chi connectivity index (χ4v) is 11.0. The van der Waals surface area contributed by atoms with Crippen LogP contribution >= 0.6 is 0 Å². The van der Waals surface area contributed by atoms with Crippen LogP contribution in [0.3, 0.4) is 0 Å². The predicted molar refractivity (Wildman–Crippen MR) is 268 cm³/mol. The molecule has 0 amide bonds. The van der Waals surface area contributed by atoms with Gasteiger partial charge in [-0.15, -0.1) is 0 Å². The Kier molecular flexibility index (Phi) is 17.1. The van der Waals surface area contributed by atoms with E-state index in [1.54, 1.807) is 39.2 Å². The minimum Gasteiger partial charge on any atom is -0.497 e. The highest BCUT2D eigenvalue weighted by molar-refractivity contribution is 7.89. The minimum atomic E-state index is -3.95. The number of hydrogen-bond donors (Lipinski definition) is 1. The van der Waals surface area contributed by atoms with Gasteiger partial charge in [-0.1, -0.05) is 62.4 Å². The van der Waals surface area contributed by atoms with Crippen LogP contribution in [0.2, 0.25) is 0 Å². The summed E-state index contributed by atoms with van der Waals surface area (Å²) in [5.41, 5.74) is 4.90. The van der Waals surface area contributed by atoms with Crippen molar-refractivity contribution in [3.63, 3.8) is 0 Å². The molecule has 2 aliphatic carbocycles. The van der Waals surface area contributed by atoms with E-state index >= 15 is 0 Å². The van der Waals surface area contributed by atoms with Gasteiger partial charge in [0.1, 0.15) is 23.0 Å². The summed E-state index contributed by atoms with van der Waals surface area (Å²) >= 11 is 0. The first kappa shape index (κ1) is 52.1. The molecule has 16 nitrogen and oxygen atoms in total. The van der Waals surface area contributed by atoms with Gasteiger partial charge in [0.15, 0.2) is 10.1 Å². The summed E-state index contributed by atoms with van der Waals surface area (Å²) in [5, 5.41) is 19.7. The van der Waals surface area contributed by atoms with Gasteiger partial charge in [0.2, 0.25) is 0 Å². The van der Waals surface area contributed by atoms with Gasteiger partial charge in [-0.05, 0) is 123 Å². The van der Waals surface area contributed by atoms with Crippen LogP contribution in [0.4, 0.5) is 0 Å². The topological polar surface area (TPSA) is 171 Å². The summed E-state index contributed by atoms with van der Waals surface area (Å²) < 4.78 is 83.3. The number of sulfonamides is 2. The zero-order valence-electron chi connectivity index (χ0n) is 41.4. The van der Waals surface area contributed by atoms with Crippen molar-refractivity contribution in [3.05, 3.63) is 143 Å². The summed E-state index contributed by atoms with van der Waals surface area (Å²) in [6.07, 6.45) is 4.52. The summed E-state index contributed by atoms with van der Waals surface area (Å²) in [4.78, 5) is 2.12. The fourth-order valence-electron chi connectivity index (χ4n) is 8.25. The molecular weight excluding hydrogens is 931 g/mol. The monoisotopic (exact) mass is 997 g/mol. The van der Waals surface area contributed by atoms with Crippen molar-refractivity contribution in [1.29, 1.82) is 0 Å². The third-order valence-corrected chi connectivity index (χ3v) is 16.0. The van der Waals surface area contributed by atoms with E-state index in [0.717, 1.165) is 71.6 Å². The second-order valence-corrected chi connectivity index (χ2v) is 21.7. The van der Waals surface area contributed by atoms with E-state index in [9.17, 15) is 21.9 Å². The Morgan fingerprint density at radius 3 is 1.09 bits per heavy atom. The van der Waals surface area contributed by atoms with Crippen molar-refractivity contribution < 1.29 is 40.9 Å². The third kappa shape index (κ3) is 12.6. The van der Waals surface area contributed by atoms with Crippen LogP contribution in [0.1, 0.15) is 110 Å². The smallest absolute Gasteiger partial charge is 0.263 e. The first-order valence-electron chi connectivity index (χ1n) is 23.7. The first-order chi connectivity index (χ1) is 33.6. The molecule has 2 aromatic heterocycles. The molecule has 0 radical (unpaired) electrons. The zero-order valence-corrected chi connectivity index (χ0v) is 43.1. The van der Waals surface area contributed by atoms with Gasteiger partial charge in [-0.3, -0.25) is 9.36 Å². The summed E-state index contributed by atoms with van der Waals surface area (Å²) in [7, 11) is 2.61. The quantitative estimate of drug-likeness (QED) is 0.0649. The molecule has 2 fully saturated rings. The number of ether oxygens (including phenoxy) is 4. The normalized spacial score (nSPS) is 14.9. The predicted octanol–water partition coefficient (Wildman–Crippen LogP) is 8.71. The Labute approximate surface area is 413 Å². The van der Waals surface area contributed by atoms with Crippen molar-refractivity contribution in [1.82, 2.24) is 33.1 Å². The van der Waals surface area contributed by atoms with Crippen LogP contribution in [0.15, 0.2) is 119 Å². The van der Waals surface area contributed by atoms with Gasteiger partial charge in [0, 0.05) is 38.3 Å². The highest BCUT2D eigenvalue weighted by Crippen LogP contribution is 2.40. The molecule has 2 heterocycles. The van der Waals surface area contributed by atoms with Crippen molar-refractivity contribution in [3.8, 4) is 23.0 Å². The first-order valence-corrected chi connectivity index (χ1v) is 26.6. The molecule has 0 saturated heterocycles. The third-order valence-electron chi connectivity index (χ3n) is 12.6. The Bertz CT molecular complexity index is 2750. The van der Waals surface area contributed by atoms with Gasteiger partial charge in [0.05, 0.1) is 64.1 Å². The van der Waals surface area contributed by atoms with E-state index in [4.69, 9.17) is 18.9 Å². The molecule has 2 saturated carbocycles. The number of aromatic nitrogens is 4. The van der Waals surface area contributed by atoms with Crippen molar-refractivity contribution >= 4 is 20.0 Å². The molecule has 2 unspecified atom stereocenters. The number of benzene rings is 4. The van der Waals surface area contributed by atoms with E-state index in [2.05, 4.69) is 22.0 Å². The molecule has 18 heteroatoms. The van der Waals surface area contributed by atoms with E-state index in [1.165, 1.54) is 14.7 Å². The van der Waals surface area contributed by atoms with Crippen molar-refractivity contribution in [2.24, 2.45) is 0 Å². The molecule has 6 aromatic rings. The van der Waals surface area contributed by atoms with Crippen molar-refractivity contribution in [2.45, 2.75) is 113 Å². The lowest BCUT2D eigenvalue weighted by molar-refractivity contribution is 0.162. The van der Waals surface area contributed by atoms with Gasteiger partial charge in [-0.2, -0.15) is 18.8 Å². The average molecular weight is 998 g/mol. The lowest BCUT2D eigenvalue weighted by Gasteiger charge is -2.23. The van der Waals surface area contributed by atoms with Crippen LogP contribution in [0.5, 0.6) is 23.0 Å². The Morgan fingerprint density at radius 1 is 0.529 bits per heavy atom. The highest BCUT2D eigenvalue weighted by atomic mass is 32.2. The molecule has 8 rings (SSSR count). The number of hydrogen-bond acceptors (Lipinski definition) is 12. The van der Waals surface area contributed by atoms with E-state index in [1.807, 2.05) is 123 Å². The maximum Gasteiger partial charge on any atom is 0.263 e. The van der Waals surface area contributed by atoms with Gasteiger partial charge < -0.3 is 29.0 Å². The average Bonchev–Trinajstić information content (AvgIpc) is 4.32. The van der Waals surface area contributed by atoms with Crippen LogP contribution in [-0.4, -0.2) is 97.5 Å². The van der Waals surface area contributed by atoms with Gasteiger partial charge >= 0.3 is 0 Å². The van der Waals surface area contributed by atoms with Crippen molar-refractivity contribution in [2.75, 3.05) is 42.5 Å². The molecular formula is C52H67N7O9S2. The molecule has 0 spiro atoms. The lowest BCUT2D eigenvalue weighted by atomic mass is 10.1. The minimum absolute atomic E-state index is 0.0380. The second-order valence-electron chi connectivity index (χ2n) is 17.9. The molecule has 376 valence electrons. The highest BCUT2D eigenvalue weighted by Gasteiger charge is 2.36. The standard InChI is InChI=1S/C27H36N4O4S.C25H31N3O5S/c1-6-25(29(2)3)26-17-27(28-31(26)22-11-12-22)36(32,33)30(18-20-7-13-23(34-4)14-8-20)19-21-9-15-24(35-5)16-10-21;1-4-24(29)23-15-25(26-28(23)20-9-10-20)34(30,31)27(16-18-5-11-21(32-2)12-6-18)17-19-7-13-22(33-3)14-8-19/h7-10,13-17,22,25H,6,11-12,18-19H2,1-5H3;5-8,11-15,20,24,29H,4,9-10,16-17H2,1-3H3. The van der Waals surface area contributed by atoms with E-state index in [-0.39, 0.29) is 54.4 Å². The number of aliphatic hydroxyl groups is 1. The SMILES string of the molecule is CCC(O)c1cc(S(=O)(=O)N(Cc2ccc(OC)cc2)Cc2ccc(OC)cc2)nn1C1CC1.CCC(c1cc(S(=O)(=O)N(Cc2ccc(OC)cc2)Cc2ccc(OC)cc2)nn1C1CC1)N(C)C. The Balaban J connectivity index is 0.000000207. The number of nitrogens with zero attached hydrogens (tertiary/aromatic N) is 7. The number of methoxy groups -OCH3 is 4. The molecule has 4 aromatic carbocycles. The second kappa shape index (κ2) is 23.0. The molecule has 70 heavy (non-hydrogen) atoms. The van der Waals surface area contributed by atoms with Gasteiger partial charge in [-0.25, -0.2) is 16.8 Å². The maximum absolute atomic E-state index is 14.1.